The van der Waals surface area contributed by atoms with Gasteiger partial charge in [0.2, 0.25) is 0 Å². The monoisotopic (exact) mass is 435 g/mol. The number of thiophene rings is 1. The highest BCUT2D eigenvalue weighted by Crippen LogP contribution is 2.40. The zero-order valence-corrected chi connectivity index (χ0v) is 18.4. The first-order valence-electron chi connectivity index (χ1n) is 9.72. The van der Waals surface area contributed by atoms with E-state index in [-0.39, 0.29) is 22.8 Å². The fourth-order valence-electron chi connectivity index (χ4n) is 3.43. The van der Waals surface area contributed by atoms with Crippen LogP contribution < -0.4 is 5.32 Å². The fraction of sp³-hybridized carbons (Fsp3) is 0.429. The molecule has 0 spiro atoms. The van der Waals surface area contributed by atoms with Crippen LogP contribution in [0.25, 0.3) is 0 Å². The van der Waals surface area contributed by atoms with Crippen molar-refractivity contribution in [3.05, 3.63) is 45.8 Å². The quantitative estimate of drug-likeness (QED) is 0.690. The van der Waals surface area contributed by atoms with Gasteiger partial charge in [-0.1, -0.05) is 19.9 Å². The van der Waals surface area contributed by atoms with E-state index in [2.05, 4.69) is 12.2 Å². The summed E-state index contributed by atoms with van der Waals surface area (Å²) in [6, 6.07) is 5.95. The van der Waals surface area contributed by atoms with Crippen LogP contribution in [-0.4, -0.2) is 32.7 Å². The molecule has 3 rings (SSSR count). The van der Waals surface area contributed by atoms with Gasteiger partial charge >= 0.3 is 5.97 Å². The number of sulfone groups is 1. The van der Waals surface area contributed by atoms with Crippen molar-refractivity contribution in [3.8, 4) is 0 Å². The Kier molecular flexibility index (Phi) is 6.43. The molecule has 0 bridgehead atoms. The molecule has 156 valence electrons. The Balaban J connectivity index is 1.95. The molecule has 0 radical (unpaired) electrons. The Morgan fingerprint density at radius 3 is 2.72 bits per heavy atom. The number of anilines is 1. The van der Waals surface area contributed by atoms with E-state index >= 15 is 0 Å². The van der Waals surface area contributed by atoms with Gasteiger partial charge in [-0.3, -0.25) is 4.79 Å². The summed E-state index contributed by atoms with van der Waals surface area (Å²) < 4.78 is 29.5. The van der Waals surface area contributed by atoms with Crippen molar-refractivity contribution in [1.82, 2.24) is 0 Å². The molecule has 1 amide bonds. The molecular weight excluding hydrogens is 410 g/mol. The first kappa shape index (κ1) is 21.5. The summed E-state index contributed by atoms with van der Waals surface area (Å²) in [5.74, 6) is -0.399. The van der Waals surface area contributed by atoms with Gasteiger partial charge in [0.15, 0.2) is 9.84 Å². The fourth-order valence-corrected chi connectivity index (χ4v) is 5.75. The van der Waals surface area contributed by atoms with Crippen LogP contribution in [-0.2, 0) is 27.4 Å². The van der Waals surface area contributed by atoms with Gasteiger partial charge in [0.05, 0.1) is 22.8 Å². The minimum absolute atomic E-state index is 0.0408. The van der Waals surface area contributed by atoms with Crippen molar-refractivity contribution < 1.29 is 22.7 Å². The van der Waals surface area contributed by atoms with Crippen LogP contribution in [0.3, 0.4) is 0 Å². The second-order valence-electron chi connectivity index (χ2n) is 7.16. The van der Waals surface area contributed by atoms with Crippen molar-refractivity contribution in [1.29, 1.82) is 0 Å². The van der Waals surface area contributed by atoms with Crippen LogP contribution in [0, 0.1) is 5.92 Å². The molecule has 1 unspecified atom stereocenters. The number of carbonyl (C=O) groups is 2. The topological polar surface area (TPSA) is 89.5 Å². The minimum Gasteiger partial charge on any atom is -0.462 e. The first-order chi connectivity index (χ1) is 13.8. The molecule has 1 aliphatic rings. The summed E-state index contributed by atoms with van der Waals surface area (Å²) in [6.07, 6.45) is 2.63. The van der Waals surface area contributed by atoms with Crippen LogP contribution in [0.15, 0.2) is 29.2 Å². The van der Waals surface area contributed by atoms with Crippen molar-refractivity contribution >= 4 is 38.1 Å². The third-order valence-electron chi connectivity index (χ3n) is 5.05. The number of carbonyl (C=O) groups excluding carboxylic acids is 2. The molecule has 0 saturated carbocycles. The molecule has 1 atom stereocenters. The lowest BCUT2D eigenvalue weighted by Crippen LogP contribution is -2.17. The summed E-state index contributed by atoms with van der Waals surface area (Å²) in [4.78, 5) is 26.6. The van der Waals surface area contributed by atoms with E-state index in [0.717, 1.165) is 29.7 Å². The lowest BCUT2D eigenvalue weighted by molar-refractivity contribution is 0.0526. The summed E-state index contributed by atoms with van der Waals surface area (Å²) in [6.45, 7) is 5.73. The number of hydrogen-bond donors (Lipinski definition) is 1. The summed E-state index contributed by atoms with van der Waals surface area (Å²) in [5.41, 5.74) is 1.63. The molecule has 0 fully saturated rings. The second-order valence-corrected chi connectivity index (χ2v) is 10.5. The molecule has 6 nitrogen and oxygen atoms in total. The molecule has 29 heavy (non-hydrogen) atoms. The Morgan fingerprint density at radius 2 is 2.03 bits per heavy atom. The summed E-state index contributed by atoms with van der Waals surface area (Å²) in [5, 5.41) is 3.29. The van der Waals surface area contributed by atoms with Crippen LogP contribution >= 0.6 is 11.3 Å². The Morgan fingerprint density at radius 1 is 1.28 bits per heavy atom. The maximum atomic E-state index is 12.8. The maximum Gasteiger partial charge on any atom is 0.341 e. The number of rotatable bonds is 6. The van der Waals surface area contributed by atoms with E-state index in [0.29, 0.717) is 16.5 Å². The molecule has 1 aromatic heterocycles. The standard InChI is InChI=1S/C21H25NO5S2/c1-4-27-21(24)18-16-10-9-13(3)11-17(16)28-20(18)22-19(23)14-7-6-8-15(12-14)29(25,26)5-2/h6-8,12-13H,4-5,9-11H2,1-3H3,(H,22,23). The largest absolute Gasteiger partial charge is 0.462 e. The number of fused-ring (bicyclic) bond motifs is 1. The molecule has 1 aromatic carbocycles. The molecule has 2 aromatic rings. The van der Waals surface area contributed by atoms with Gasteiger partial charge < -0.3 is 10.1 Å². The number of ether oxygens (including phenoxy) is 1. The third kappa shape index (κ3) is 4.53. The van der Waals surface area contributed by atoms with Gasteiger partial charge in [-0.05, 0) is 55.9 Å². The highest BCUT2D eigenvalue weighted by atomic mass is 32.2. The van der Waals surface area contributed by atoms with E-state index in [1.165, 1.54) is 23.5 Å². The van der Waals surface area contributed by atoms with E-state index in [1.807, 2.05) is 0 Å². The molecule has 1 aliphatic carbocycles. The van der Waals surface area contributed by atoms with Gasteiger partial charge in [0, 0.05) is 10.4 Å². The molecule has 0 saturated heterocycles. The molecule has 0 aliphatic heterocycles. The van der Waals surface area contributed by atoms with Crippen LogP contribution in [0.1, 0.15) is 58.3 Å². The average Bonchev–Trinajstić information content (AvgIpc) is 3.05. The molecule has 1 heterocycles. The number of amides is 1. The van der Waals surface area contributed by atoms with Crippen LogP contribution in [0.5, 0.6) is 0 Å². The lowest BCUT2D eigenvalue weighted by Gasteiger charge is -2.18. The molecule has 1 N–H and O–H groups in total. The highest BCUT2D eigenvalue weighted by Gasteiger charge is 2.29. The lowest BCUT2D eigenvalue weighted by atomic mass is 9.88. The number of esters is 1. The SMILES string of the molecule is CCOC(=O)c1c(NC(=O)c2cccc(S(=O)(=O)CC)c2)sc2c1CCC(C)C2. The smallest absolute Gasteiger partial charge is 0.341 e. The third-order valence-corrected chi connectivity index (χ3v) is 7.96. The number of benzene rings is 1. The summed E-state index contributed by atoms with van der Waals surface area (Å²) in [7, 11) is -3.42. The van der Waals surface area contributed by atoms with Gasteiger partial charge in [-0.2, -0.15) is 0 Å². The van der Waals surface area contributed by atoms with Crippen LogP contribution in [0.2, 0.25) is 0 Å². The zero-order chi connectivity index (χ0) is 21.2. The van der Waals surface area contributed by atoms with Gasteiger partial charge in [-0.25, -0.2) is 13.2 Å². The minimum atomic E-state index is -3.42. The Hall–Kier alpha value is -2.19. The van der Waals surface area contributed by atoms with Crippen molar-refractivity contribution in [2.45, 2.75) is 44.9 Å². The van der Waals surface area contributed by atoms with Crippen molar-refractivity contribution in [2.75, 3.05) is 17.7 Å². The van der Waals surface area contributed by atoms with E-state index in [9.17, 15) is 18.0 Å². The van der Waals surface area contributed by atoms with Gasteiger partial charge in [0.25, 0.3) is 5.91 Å². The molecular formula is C21H25NO5S2. The summed E-state index contributed by atoms with van der Waals surface area (Å²) >= 11 is 1.41. The normalized spacial score (nSPS) is 16.2. The predicted molar refractivity (Wildman–Crippen MR) is 114 cm³/mol. The zero-order valence-electron chi connectivity index (χ0n) is 16.8. The van der Waals surface area contributed by atoms with E-state index < -0.39 is 21.7 Å². The predicted octanol–water partition coefficient (Wildman–Crippen LogP) is 4.10. The average molecular weight is 436 g/mol. The second kappa shape index (κ2) is 8.67. The Labute approximate surface area is 175 Å². The van der Waals surface area contributed by atoms with Crippen molar-refractivity contribution in [3.63, 3.8) is 0 Å². The number of nitrogens with one attached hydrogen (secondary N) is 1. The van der Waals surface area contributed by atoms with E-state index in [1.54, 1.807) is 26.0 Å². The van der Waals surface area contributed by atoms with Gasteiger partial charge in [-0.15, -0.1) is 11.3 Å². The van der Waals surface area contributed by atoms with Gasteiger partial charge in [0.1, 0.15) is 5.00 Å². The Bertz CT molecular complexity index is 1040. The van der Waals surface area contributed by atoms with Crippen LogP contribution in [0.4, 0.5) is 5.00 Å². The number of hydrogen-bond acceptors (Lipinski definition) is 6. The van der Waals surface area contributed by atoms with Crippen molar-refractivity contribution in [2.24, 2.45) is 5.92 Å². The van der Waals surface area contributed by atoms with E-state index in [4.69, 9.17) is 4.74 Å². The maximum absolute atomic E-state index is 12.8. The first-order valence-corrected chi connectivity index (χ1v) is 12.2. The highest BCUT2D eigenvalue weighted by molar-refractivity contribution is 7.91. The molecule has 8 heteroatoms.